The highest BCUT2D eigenvalue weighted by Gasteiger charge is 2.19. The van der Waals surface area contributed by atoms with E-state index in [-0.39, 0.29) is 12.4 Å². The van der Waals surface area contributed by atoms with E-state index in [0.29, 0.717) is 28.5 Å². The van der Waals surface area contributed by atoms with E-state index in [0.717, 1.165) is 6.07 Å². The number of methoxy groups -OCH3 is 2. The van der Waals surface area contributed by atoms with Crippen LogP contribution in [0.15, 0.2) is 45.3 Å². The standard InChI is InChI=1S/C17H14N2O8/c1-23-12-4-3-10(7-15(12)24-2)14-8-11(18-27-14)9-25-17(20)13-5-6-16(26-13)19(21)22/h3-8H,9H2,1-2H3. The lowest BCUT2D eigenvalue weighted by Gasteiger charge is -2.07. The highest BCUT2D eigenvalue weighted by Crippen LogP contribution is 2.32. The van der Waals surface area contributed by atoms with Crippen LogP contribution >= 0.6 is 0 Å². The van der Waals surface area contributed by atoms with Gasteiger partial charge < -0.3 is 23.2 Å². The van der Waals surface area contributed by atoms with E-state index < -0.39 is 16.8 Å². The van der Waals surface area contributed by atoms with E-state index in [4.69, 9.17) is 23.2 Å². The summed E-state index contributed by atoms with van der Waals surface area (Å²) in [6.45, 7) is -0.190. The van der Waals surface area contributed by atoms with E-state index in [9.17, 15) is 14.9 Å². The molecular weight excluding hydrogens is 360 g/mol. The SMILES string of the molecule is COc1ccc(-c2cc(COC(=O)c3ccc([N+](=O)[O-])o3)no2)cc1OC. The van der Waals surface area contributed by atoms with Crippen LogP contribution in [0.2, 0.25) is 0 Å². The third-order valence-corrected chi connectivity index (χ3v) is 3.55. The summed E-state index contributed by atoms with van der Waals surface area (Å²) in [5.74, 6) is -0.125. The van der Waals surface area contributed by atoms with E-state index in [2.05, 4.69) is 5.16 Å². The van der Waals surface area contributed by atoms with Gasteiger partial charge >= 0.3 is 11.9 Å². The van der Waals surface area contributed by atoms with Gasteiger partial charge in [0.25, 0.3) is 0 Å². The summed E-state index contributed by atoms with van der Waals surface area (Å²) in [6.07, 6.45) is 0. The van der Waals surface area contributed by atoms with Crippen LogP contribution in [-0.2, 0) is 11.3 Å². The van der Waals surface area contributed by atoms with Crippen molar-refractivity contribution in [3.8, 4) is 22.8 Å². The number of rotatable bonds is 7. The molecule has 0 atom stereocenters. The van der Waals surface area contributed by atoms with Crippen molar-refractivity contribution in [2.24, 2.45) is 0 Å². The molecule has 0 aliphatic rings. The highest BCUT2D eigenvalue weighted by atomic mass is 16.7. The minimum absolute atomic E-state index is 0.190. The fourth-order valence-corrected chi connectivity index (χ4v) is 2.25. The molecule has 1 aromatic carbocycles. The molecule has 0 radical (unpaired) electrons. The average Bonchev–Trinajstić information content (AvgIpc) is 3.35. The molecule has 3 rings (SSSR count). The normalized spacial score (nSPS) is 10.4. The molecule has 140 valence electrons. The second-order valence-electron chi connectivity index (χ2n) is 5.22. The third-order valence-electron chi connectivity index (χ3n) is 3.55. The monoisotopic (exact) mass is 374 g/mol. The lowest BCUT2D eigenvalue weighted by atomic mass is 10.1. The molecule has 0 unspecified atom stereocenters. The zero-order chi connectivity index (χ0) is 19.4. The Labute approximate surface area is 152 Å². The molecule has 2 aromatic heterocycles. The molecule has 0 spiro atoms. The first-order chi connectivity index (χ1) is 13.0. The van der Waals surface area contributed by atoms with Gasteiger partial charge in [-0.05, 0) is 24.3 Å². The minimum atomic E-state index is -0.848. The van der Waals surface area contributed by atoms with Gasteiger partial charge in [-0.25, -0.2) is 4.79 Å². The van der Waals surface area contributed by atoms with E-state index in [1.807, 2.05) is 0 Å². The van der Waals surface area contributed by atoms with Gasteiger partial charge in [-0.3, -0.25) is 10.1 Å². The van der Waals surface area contributed by atoms with Gasteiger partial charge in [0.1, 0.15) is 17.2 Å². The predicted octanol–water partition coefficient (Wildman–Crippen LogP) is 3.22. The molecule has 0 fully saturated rings. The van der Waals surface area contributed by atoms with Crippen LogP contribution in [0.5, 0.6) is 11.5 Å². The Balaban J connectivity index is 1.67. The average molecular weight is 374 g/mol. The molecule has 0 amide bonds. The number of nitrogens with zero attached hydrogens (tertiary/aromatic N) is 2. The van der Waals surface area contributed by atoms with Crippen LogP contribution in [0.1, 0.15) is 16.2 Å². The number of benzene rings is 1. The topological polar surface area (TPSA) is 127 Å². The molecule has 0 aliphatic heterocycles. The van der Waals surface area contributed by atoms with Gasteiger partial charge in [0.05, 0.1) is 20.3 Å². The highest BCUT2D eigenvalue weighted by molar-refractivity contribution is 5.86. The Morgan fingerprint density at radius 2 is 1.93 bits per heavy atom. The van der Waals surface area contributed by atoms with Gasteiger partial charge in [-0.15, -0.1) is 0 Å². The van der Waals surface area contributed by atoms with Gasteiger partial charge in [-0.1, -0.05) is 5.16 Å². The third kappa shape index (κ3) is 3.89. The maximum absolute atomic E-state index is 11.9. The van der Waals surface area contributed by atoms with E-state index in [1.54, 1.807) is 24.3 Å². The van der Waals surface area contributed by atoms with Gasteiger partial charge in [-0.2, -0.15) is 0 Å². The van der Waals surface area contributed by atoms with Crippen molar-refractivity contribution in [2.45, 2.75) is 6.61 Å². The molecule has 27 heavy (non-hydrogen) atoms. The first-order valence-electron chi connectivity index (χ1n) is 7.61. The molecule has 3 aromatic rings. The van der Waals surface area contributed by atoms with E-state index >= 15 is 0 Å². The Morgan fingerprint density at radius 1 is 1.15 bits per heavy atom. The zero-order valence-corrected chi connectivity index (χ0v) is 14.3. The Morgan fingerprint density at radius 3 is 2.59 bits per heavy atom. The predicted molar refractivity (Wildman–Crippen MR) is 89.5 cm³/mol. The summed E-state index contributed by atoms with van der Waals surface area (Å²) in [5.41, 5.74) is 1.05. The van der Waals surface area contributed by atoms with Crippen molar-refractivity contribution in [1.82, 2.24) is 5.16 Å². The summed E-state index contributed by atoms with van der Waals surface area (Å²) >= 11 is 0. The Hall–Kier alpha value is -3.82. The molecule has 0 N–H and O–H groups in total. The maximum Gasteiger partial charge on any atom is 0.433 e. The van der Waals surface area contributed by atoms with Crippen molar-refractivity contribution >= 4 is 11.9 Å². The van der Waals surface area contributed by atoms with Crippen LogP contribution < -0.4 is 9.47 Å². The van der Waals surface area contributed by atoms with Gasteiger partial charge in [0.15, 0.2) is 17.3 Å². The smallest absolute Gasteiger partial charge is 0.433 e. The summed E-state index contributed by atoms with van der Waals surface area (Å²) < 4.78 is 25.4. The van der Waals surface area contributed by atoms with Crippen molar-refractivity contribution in [3.05, 3.63) is 58.0 Å². The van der Waals surface area contributed by atoms with Crippen LogP contribution in [0.3, 0.4) is 0 Å². The maximum atomic E-state index is 11.9. The quantitative estimate of drug-likeness (QED) is 0.348. The number of esters is 1. The van der Waals surface area contributed by atoms with Crippen molar-refractivity contribution < 1.29 is 32.9 Å². The van der Waals surface area contributed by atoms with Crippen molar-refractivity contribution in [1.29, 1.82) is 0 Å². The molecule has 10 nitrogen and oxygen atoms in total. The number of carbonyl (C=O) groups excluding carboxylic acids is 1. The molecule has 10 heteroatoms. The first kappa shape index (κ1) is 18.0. The Kier molecular flexibility index (Phi) is 5.06. The molecule has 0 saturated heterocycles. The number of carbonyl (C=O) groups is 1. The van der Waals surface area contributed by atoms with E-state index in [1.165, 1.54) is 20.3 Å². The van der Waals surface area contributed by atoms with Crippen molar-refractivity contribution in [2.75, 3.05) is 14.2 Å². The summed E-state index contributed by atoms with van der Waals surface area (Å²) in [4.78, 5) is 21.7. The van der Waals surface area contributed by atoms with Crippen LogP contribution in [0, 0.1) is 10.1 Å². The molecule has 2 heterocycles. The van der Waals surface area contributed by atoms with Crippen LogP contribution in [0.4, 0.5) is 5.88 Å². The number of ether oxygens (including phenoxy) is 3. The number of aromatic nitrogens is 1. The van der Waals surface area contributed by atoms with Crippen LogP contribution in [-0.4, -0.2) is 30.3 Å². The lowest BCUT2D eigenvalue weighted by molar-refractivity contribution is -0.402. The summed E-state index contributed by atoms with van der Waals surface area (Å²) in [7, 11) is 3.05. The summed E-state index contributed by atoms with van der Waals surface area (Å²) in [5, 5.41) is 14.4. The van der Waals surface area contributed by atoms with Gasteiger partial charge in [0, 0.05) is 11.6 Å². The fraction of sp³-hybridized carbons (Fsp3) is 0.176. The number of hydrogen-bond acceptors (Lipinski definition) is 9. The second-order valence-corrected chi connectivity index (χ2v) is 5.22. The second kappa shape index (κ2) is 7.60. The lowest BCUT2D eigenvalue weighted by Crippen LogP contribution is -2.04. The largest absolute Gasteiger partial charge is 0.493 e. The molecular formula is C17H14N2O8. The first-order valence-corrected chi connectivity index (χ1v) is 7.61. The van der Waals surface area contributed by atoms with Crippen LogP contribution in [0.25, 0.3) is 11.3 Å². The van der Waals surface area contributed by atoms with Gasteiger partial charge in [0.2, 0.25) is 5.76 Å². The Bertz CT molecular complexity index is 975. The number of hydrogen-bond donors (Lipinski definition) is 0. The van der Waals surface area contributed by atoms with Crippen molar-refractivity contribution in [3.63, 3.8) is 0 Å². The molecule has 0 bridgehead atoms. The number of furan rings is 1. The summed E-state index contributed by atoms with van der Waals surface area (Å²) in [6, 6.07) is 9.04. The fourth-order valence-electron chi connectivity index (χ4n) is 2.25. The molecule has 0 saturated carbocycles. The molecule has 0 aliphatic carbocycles. The number of nitro groups is 1. The zero-order valence-electron chi connectivity index (χ0n) is 14.3. The minimum Gasteiger partial charge on any atom is -0.493 e.